The molecule has 1 saturated heterocycles. The minimum absolute atomic E-state index is 0.0267. The molecule has 0 aliphatic carbocycles. The van der Waals surface area contributed by atoms with Crippen molar-refractivity contribution in [2.75, 3.05) is 55.6 Å². The zero-order valence-corrected chi connectivity index (χ0v) is 28.5. The van der Waals surface area contributed by atoms with Gasteiger partial charge in [0.15, 0.2) is 0 Å². The smallest absolute Gasteiger partial charge is 0.495 e. The third-order valence-corrected chi connectivity index (χ3v) is 7.90. The zero-order valence-electron chi connectivity index (χ0n) is 27.7. The molecule has 1 amide bonds. The monoisotopic (exact) mass is 733 g/mol. The van der Waals surface area contributed by atoms with E-state index in [2.05, 4.69) is 29.9 Å². The first-order chi connectivity index (χ1) is 24.5. The Morgan fingerprint density at radius 2 is 1.92 bits per heavy atom. The van der Waals surface area contributed by atoms with Gasteiger partial charge < -0.3 is 34.1 Å². The maximum absolute atomic E-state index is 13.6. The highest BCUT2D eigenvalue weighted by Crippen LogP contribution is 2.28. The zero-order chi connectivity index (χ0) is 36.8. The van der Waals surface area contributed by atoms with Crippen LogP contribution >= 0.6 is 11.6 Å². The topological polar surface area (TPSA) is 237 Å². The molecule has 0 radical (unpaired) electrons. The van der Waals surface area contributed by atoms with Gasteiger partial charge in [0.05, 0.1) is 24.8 Å². The number of methoxy groups -OCH3 is 1. The Kier molecular flexibility index (Phi) is 14.0. The largest absolute Gasteiger partial charge is 0.508 e. The van der Waals surface area contributed by atoms with Crippen molar-refractivity contribution < 1.29 is 43.6 Å². The predicted octanol–water partition coefficient (Wildman–Crippen LogP) is 3.89. The highest BCUT2D eigenvalue weighted by Gasteiger charge is 2.30. The molecule has 0 unspecified atom stereocenters. The Labute approximate surface area is 296 Å². The number of amides is 1. The van der Waals surface area contributed by atoms with Gasteiger partial charge in [0.1, 0.15) is 36.4 Å². The summed E-state index contributed by atoms with van der Waals surface area (Å²) in [5.74, 6) is 0.831. The second kappa shape index (κ2) is 18.8. The first-order valence-electron chi connectivity index (χ1n) is 15.7. The number of rotatable bonds is 19. The van der Waals surface area contributed by atoms with E-state index in [4.69, 9.17) is 30.8 Å². The molecular formula is C30H36ClN9O11. The number of carbonyl (C=O) groups is 2. The van der Waals surface area contributed by atoms with Crippen molar-refractivity contribution >= 4 is 41.4 Å². The molecule has 20 nitrogen and oxygen atoms in total. The van der Waals surface area contributed by atoms with Crippen molar-refractivity contribution in [3.8, 4) is 5.75 Å². The van der Waals surface area contributed by atoms with Gasteiger partial charge in [-0.2, -0.15) is 4.98 Å². The van der Waals surface area contributed by atoms with E-state index in [9.17, 15) is 29.8 Å². The number of nitrogens with zero attached hydrogens (tertiary/aromatic N) is 8. The average molecular weight is 734 g/mol. The number of hydrogen-bond donors (Lipinski definition) is 1. The summed E-state index contributed by atoms with van der Waals surface area (Å²) in [5, 5.41) is 22.5. The number of carbonyl (C=O) groups excluding carboxylic acids is 2. The summed E-state index contributed by atoms with van der Waals surface area (Å²) in [5.41, 5.74) is 0.976. The van der Waals surface area contributed by atoms with Crippen LogP contribution in [0.1, 0.15) is 48.0 Å². The van der Waals surface area contributed by atoms with Crippen LogP contribution in [0.5, 0.6) is 5.75 Å². The number of benzene rings is 1. The Morgan fingerprint density at radius 3 is 2.63 bits per heavy atom. The van der Waals surface area contributed by atoms with Crippen LogP contribution in [-0.4, -0.2) is 94.8 Å². The lowest BCUT2D eigenvalue weighted by atomic mass is 10.2. The predicted molar refractivity (Wildman–Crippen MR) is 178 cm³/mol. The summed E-state index contributed by atoms with van der Waals surface area (Å²) < 4.78 is 15.7. The fraction of sp³-hybridized carbons (Fsp3) is 0.467. The minimum atomic E-state index is -1.14. The summed E-state index contributed by atoms with van der Waals surface area (Å²) in [7, 11) is 3.06. The highest BCUT2D eigenvalue weighted by molar-refractivity contribution is 6.32. The Bertz CT molecular complexity index is 1660. The molecule has 2 atom stereocenters. The van der Waals surface area contributed by atoms with Crippen molar-refractivity contribution in [2.24, 2.45) is 0 Å². The van der Waals surface area contributed by atoms with Gasteiger partial charge in [0.25, 0.3) is 16.1 Å². The van der Waals surface area contributed by atoms with Crippen LogP contribution in [0.2, 0.25) is 5.02 Å². The average Bonchev–Trinajstić information content (AvgIpc) is 3.60. The van der Waals surface area contributed by atoms with Gasteiger partial charge >= 0.3 is 6.16 Å². The maximum Gasteiger partial charge on any atom is 0.508 e. The molecule has 21 heteroatoms. The first-order valence-corrected chi connectivity index (χ1v) is 16.1. The molecule has 274 valence electrons. The van der Waals surface area contributed by atoms with E-state index in [1.807, 2.05) is 11.0 Å². The van der Waals surface area contributed by atoms with Crippen LogP contribution < -0.4 is 19.9 Å². The second-order valence-electron chi connectivity index (χ2n) is 11.0. The summed E-state index contributed by atoms with van der Waals surface area (Å²) >= 11 is 6.32. The van der Waals surface area contributed by atoms with Crippen molar-refractivity contribution in [3.63, 3.8) is 0 Å². The van der Waals surface area contributed by atoms with E-state index in [1.165, 1.54) is 30.6 Å². The van der Waals surface area contributed by atoms with Gasteiger partial charge in [-0.1, -0.05) is 17.7 Å². The summed E-state index contributed by atoms with van der Waals surface area (Å²) in [6, 6.07) is 6.66. The van der Waals surface area contributed by atoms with E-state index >= 15 is 0 Å². The van der Waals surface area contributed by atoms with Crippen molar-refractivity contribution in [2.45, 2.75) is 50.8 Å². The first kappa shape index (κ1) is 38.0. The summed E-state index contributed by atoms with van der Waals surface area (Å²) in [4.78, 5) is 76.1. The van der Waals surface area contributed by atoms with E-state index in [-0.39, 0.29) is 49.6 Å². The van der Waals surface area contributed by atoms with Crippen molar-refractivity contribution in [1.82, 2.24) is 19.9 Å². The number of nitrogens with one attached hydrogen (secondary N) is 1. The third-order valence-electron chi connectivity index (χ3n) is 7.61. The lowest BCUT2D eigenvalue weighted by molar-refractivity contribution is -0.790. The van der Waals surface area contributed by atoms with Crippen LogP contribution in [0.15, 0.2) is 42.9 Å². The molecule has 4 rings (SSSR count). The van der Waals surface area contributed by atoms with Gasteiger partial charge in [-0.15, -0.1) is 20.2 Å². The lowest BCUT2D eigenvalue weighted by Gasteiger charge is -2.25. The number of halogens is 1. The summed E-state index contributed by atoms with van der Waals surface area (Å²) in [6.45, 7) is 0.146. The van der Waals surface area contributed by atoms with Gasteiger partial charge in [-0.05, 0) is 55.9 Å². The van der Waals surface area contributed by atoms with Crippen LogP contribution in [-0.2, 0) is 25.7 Å². The quantitative estimate of drug-likeness (QED) is 0.0795. The molecule has 1 N–H and O–H groups in total. The van der Waals surface area contributed by atoms with Crippen molar-refractivity contribution in [3.05, 3.63) is 79.2 Å². The number of anilines is 3. The molecular weight excluding hydrogens is 698 g/mol. The number of aromatic nitrogens is 4. The molecule has 3 aromatic rings. The molecule has 1 fully saturated rings. The van der Waals surface area contributed by atoms with Gasteiger partial charge in [-0.3, -0.25) is 9.69 Å². The van der Waals surface area contributed by atoms with E-state index in [1.54, 1.807) is 25.2 Å². The summed E-state index contributed by atoms with van der Waals surface area (Å²) in [6.07, 6.45) is 4.51. The van der Waals surface area contributed by atoms with Gasteiger partial charge in [-0.25, -0.2) is 19.7 Å². The van der Waals surface area contributed by atoms with Crippen LogP contribution in [0.4, 0.5) is 22.5 Å². The van der Waals surface area contributed by atoms with Crippen LogP contribution in [0.3, 0.4) is 0 Å². The standard InChI is InChI=1S/C30H36ClN9O11/c1-37(28-32-11-6-12-33-28)27(41)23-17-35-29(36-26(23)34-16-20-9-10-25(47-2)24(31)15-20)38-13-5-7-21(38)18-49-30(42)48-14-4-3-8-22(51-40(45)46)19-50-39(43)44/h6,9-12,15,17,21-22H,3-5,7-8,13-14,16,18-19H2,1-2H3,(H,34,35,36)/t21-,22-/m0/s1. The minimum Gasteiger partial charge on any atom is -0.495 e. The molecule has 1 aliphatic heterocycles. The molecule has 0 saturated carbocycles. The van der Waals surface area contributed by atoms with Gasteiger partial charge in [0.2, 0.25) is 11.9 Å². The molecule has 2 aromatic heterocycles. The normalized spacial score (nSPS) is 14.3. The van der Waals surface area contributed by atoms with E-state index < -0.39 is 34.9 Å². The van der Waals surface area contributed by atoms with E-state index in [0.717, 1.165) is 12.0 Å². The van der Waals surface area contributed by atoms with Crippen LogP contribution in [0.25, 0.3) is 0 Å². The fourth-order valence-electron chi connectivity index (χ4n) is 5.08. The molecule has 1 aliphatic rings. The van der Waals surface area contributed by atoms with Crippen LogP contribution in [0, 0.1) is 20.2 Å². The fourth-order valence-corrected chi connectivity index (χ4v) is 5.36. The van der Waals surface area contributed by atoms with Crippen molar-refractivity contribution in [1.29, 1.82) is 0 Å². The number of hydrogen-bond acceptors (Lipinski definition) is 17. The number of ether oxygens (including phenoxy) is 3. The maximum atomic E-state index is 13.6. The Morgan fingerprint density at radius 1 is 1.14 bits per heavy atom. The molecule has 3 heterocycles. The second-order valence-corrected chi connectivity index (χ2v) is 11.4. The molecule has 51 heavy (non-hydrogen) atoms. The lowest BCUT2D eigenvalue weighted by Crippen LogP contribution is -2.36. The highest BCUT2D eigenvalue weighted by atomic mass is 35.5. The van der Waals surface area contributed by atoms with Gasteiger partial charge in [0, 0.05) is 38.7 Å². The van der Waals surface area contributed by atoms with E-state index in [0.29, 0.717) is 42.5 Å². The Hall–Kier alpha value is -5.79. The Balaban J connectivity index is 1.37. The molecule has 0 bridgehead atoms. The SMILES string of the molecule is COc1ccc(CNc2nc(N3CCC[C@H]3COC(=O)OCCCC[C@@H](CO[N+](=O)[O-])O[N+](=O)[O-])ncc2C(=O)N(C)c2ncccn2)cc1Cl. The number of unbranched alkanes of at least 4 members (excludes halogenated alkanes) is 1. The molecule has 0 spiro atoms. The third kappa shape index (κ3) is 11.4. The molecule has 1 aromatic carbocycles.